The van der Waals surface area contributed by atoms with Gasteiger partial charge in [-0.15, -0.1) is 0 Å². The highest BCUT2D eigenvalue weighted by atomic mass is 16.5. The Balaban J connectivity index is 2.97. The molecule has 15 heavy (non-hydrogen) atoms. The van der Waals surface area contributed by atoms with Gasteiger partial charge in [-0.2, -0.15) is 0 Å². The summed E-state index contributed by atoms with van der Waals surface area (Å²) >= 11 is 0. The maximum Gasteiger partial charge on any atom is 0.321 e. The van der Waals surface area contributed by atoms with Crippen molar-refractivity contribution in [3.8, 4) is 5.75 Å². The number of benzene rings is 1. The number of hydrogen-bond acceptors (Lipinski definition) is 2. The zero-order chi connectivity index (χ0) is 11.4. The lowest BCUT2D eigenvalue weighted by atomic mass is 10.2. The second kappa shape index (κ2) is 4.68. The molecule has 1 aromatic rings. The van der Waals surface area contributed by atoms with Crippen molar-refractivity contribution in [1.82, 2.24) is 5.32 Å². The topological polar surface area (TPSA) is 41.6 Å². The van der Waals surface area contributed by atoms with E-state index in [-0.39, 0.29) is 6.03 Å². The molecule has 1 N–H and O–H groups in total. The number of anilines is 1. The Bertz CT molecular complexity index is 364. The van der Waals surface area contributed by atoms with Crippen molar-refractivity contribution < 1.29 is 9.53 Å². The fourth-order valence-electron chi connectivity index (χ4n) is 1.36. The van der Waals surface area contributed by atoms with Gasteiger partial charge in [0.2, 0.25) is 0 Å². The van der Waals surface area contributed by atoms with E-state index < -0.39 is 0 Å². The quantitative estimate of drug-likeness (QED) is 0.805. The molecule has 0 atom stereocenters. The second-order valence-electron chi connectivity index (χ2n) is 3.27. The highest BCUT2D eigenvalue weighted by Crippen LogP contribution is 2.23. The number of amides is 2. The number of ether oxygens (including phenoxy) is 1. The summed E-state index contributed by atoms with van der Waals surface area (Å²) in [7, 11) is 4.96. The third-order valence-electron chi connectivity index (χ3n) is 2.28. The number of urea groups is 1. The first-order chi connectivity index (χ1) is 7.10. The smallest absolute Gasteiger partial charge is 0.321 e. The molecule has 0 saturated heterocycles. The summed E-state index contributed by atoms with van der Waals surface area (Å²) in [5.74, 6) is 0.823. The van der Waals surface area contributed by atoms with E-state index in [4.69, 9.17) is 4.74 Å². The van der Waals surface area contributed by atoms with Crippen LogP contribution in [0, 0.1) is 6.92 Å². The van der Waals surface area contributed by atoms with Crippen LogP contribution < -0.4 is 15.0 Å². The highest BCUT2D eigenvalue weighted by Gasteiger charge is 2.09. The average Bonchev–Trinajstić information content (AvgIpc) is 2.26. The van der Waals surface area contributed by atoms with E-state index in [0.717, 1.165) is 17.0 Å². The van der Waals surface area contributed by atoms with Gasteiger partial charge in [0, 0.05) is 19.8 Å². The van der Waals surface area contributed by atoms with Gasteiger partial charge in [0.25, 0.3) is 0 Å². The van der Waals surface area contributed by atoms with E-state index >= 15 is 0 Å². The number of carbonyl (C=O) groups excluding carboxylic acids is 1. The summed E-state index contributed by atoms with van der Waals surface area (Å²) in [5, 5.41) is 2.57. The van der Waals surface area contributed by atoms with Gasteiger partial charge < -0.3 is 10.1 Å². The minimum Gasteiger partial charge on any atom is -0.496 e. The van der Waals surface area contributed by atoms with Gasteiger partial charge in [-0.3, -0.25) is 4.90 Å². The Morgan fingerprint density at radius 1 is 1.47 bits per heavy atom. The predicted octanol–water partition coefficient (Wildman–Crippen LogP) is 1.78. The molecule has 0 aromatic heterocycles. The largest absolute Gasteiger partial charge is 0.496 e. The van der Waals surface area contributed by atoms with E-state index in [2.05, 4.69) is 5.32 Å². The van der Waals surface area contributed by atoms with Crippen molar-refractivity contribution in [2.45, 2.75) is 6.92 Å². The summed E-state index contributed by atoms with van der Waals surface area (Å²) in [4.78, 5) is 12.9. The van der Waals surface area contributed by atoms with E-state index in [9.17, 15) is 4.79 Å². The summed E-state index contributed by atoms with van der Waals surface area (Å²) in [5.41, 5.74) is 1.85. The van der Waals surface area contributed by atoms with Gasteiger partial charge in [-0.1, -0.05) is 0 Å². The highest BCUT2D eigenvalue weighted by molar-refractivity contribution is 5.91. The molecule has 0 spiro atoms. The standard InChI is InChI=1S/C11H16N2O2/c1-8-7-9(5-6-10(8)15-4)13(3)11(14)12-2/h5-7H,1-4H3,(H,12,14). The van der Waals surface area contributed by atoms with Crippen molar-refractivity contribution in [1.29, 1.82) is 0 Å². The van der Waals surface area contributed by atoms with Crippen molar-refractivity contribution in [2.24, 2.45) is 0 Å². The van der Waals surface area contributed by atoms with Gasteiger partial charge in [0.15, 0.2) is 0 Å². The second-order valence-corrected chi connectivity index (χ2v) is 3.27. The van der Waals surface area contributed by atoms with Crippen molar-refractivity contribution >= 4 is 11.7 Å². The van der Waals surface area contributed by atoms with Crippen LogP contribution in [0.15, 0.2) is 18.2 Å². The van der Waals surface area contributed by atoms with Crippen LogP contribution in [0.3, 0.4) is 0 Å². The molecular formula is C11H16N2O2. The normalized spacial score (nSPS) is 9.60. The molecule has 1 aromatic carbocycles. The van der Waals surface area contributed by atoms with Crippen molar-refractivity contribution in [2.75, 3.05) is 26.1 Å². The van der Waals surface area contributed by atoms with Crippen LogP contribution in [0.25, 0.3) is 0 Å². The SMILES string of the molecule is CNC(=O)N(C)c1ccc(OC)c(C)c1. The molecule has 0 aliphatic heterocycles. The van der Waals surface area contributed by atoms with Crippen LogP contribution in [0.5, 0.6) is 5.75 Å². The lowest BCUT2D eigenvalue weighted by Gasteiger charge is -2.17. The number of nitrogens with zero attached hydrogens (tertiary/aromatic N) is 1. The maximum absolute atomic E-state index is 11.4. The molecule has 0 fully saturated rings. The molecule has 0 radical (unpaired) electrons. The number of hydrogen-bond donors (Lipinski definition) is 1. The van der Waals surface area contributed by atoms with Crippen LogP contribution in [0.4, 0.5) is 10.5 Å². The summed E-state index contributed by atoms with van der Waals surface area (Å²) < 4.78 is 5.15. The molecule has 0 heterocycles. The molecule has 0 aliphatic rings. The lowest BCUT2D eigenvalue weighted by molar-refractivity contribution is 0.249. The molecule has 0 aliphatic carbocycles. The first-order valence-electron chi connectivity index (χ1n) is 4.70. The lowest BCUT2D eigenvalue weighted by Crippen LogP contribution is -2.34. The Morgan fingerprint density at radius 3 is 2.60 bits per heavy atom. The Kier molecular flexibility index (Phi) is 3.55. The number of rotatable bonds is 2. The minimum absolute atomic E-state index is 0.139. The average molecular weight is 208 g/mol. The zero-order valence-electron chi connectivity index (χ0n) is 9.50. The summed E-state index contributed by atoms with van der Waals surface area (Å²) in [6.45, 7) is 1.94. The number of methoxy groups -OCH3 is 1. The van der Waals surface area contributed by atoms with Crippen molar-refractivity contribution in [3.63, 3.8) is 0 Å². The van der Waals surface area contributed by atoms with Gasteiger partial charge in [-0.25, -0.2) is 4.79 Å². The van der Waals surface area contributed by atoms with E-state index in [1.165, 1.54) is 0 Å². The molecule has 4 nitrogen and oxygen atoms in total. The monoisotopic (exact) mass is 208 g/mol. The Labute approximate surface area is 89.8 Å². The number of nitrogens with one attached hydrogen (secondary N) is 1. The number of carbonyl (C=O) groups is 1. The van der Waals surface area contributed by atoms with Crippen LogP contribution >= 0.6 is 0 Å². The molecule has 4 heteroatoms. The van der Waals surface area contributed by atoms with Crippen LogP contribution in [-0.2, 0) is 0 Å². The Hall–Kier alpha value is -1.71. The molecular weight excluding hydrogens is 192 g/mol. The fraction of sp³-hybridized carbons (Fsp3) is 0.364. The number of aryl methyl sites for hydroxylation is 1. The van der Waals surface area contributed by atoms with Crippen LogP contribution in [0.1, 0.15) is 5.56 Å². The summed E-state index contributed by atoms with van der Waals surface area (Å²) in [6.07, 6.45) is 0. The van der Waals surface area contributed by atoms with Crippen LogP contribution in [0.2, 0.25) is 0 Å². The summed E-state index contributed by atoms with van der Waals surface area (Å²) in [6, 6.07) is 5.47. The molecule has 82 valence electrons. The minimum atomic E-state index is -0.139. The Morgan fingerprint density at radius 2 is 2.13 bits per heavy atom. The molecule has 0 saturated carbocycles. The van der Waals surface area contributed by atoms with Gasteiger partial charge >= 0.3 is 6.03 Å². The molecule has 0 bridgehead atoms. The van der Waals surface area contributed by atoms with Gasteiger partial charge in [0.1, 0.15) is 5.75 Å². The first-order valence-corrected chi connectivity index (χ1v) is 4.70. The van der Waals surface area contributed by atoms with E-state index in [1.54, 1.807) is 26.1 Å². The van der Waals surface area contributed by atoms with E-state index in [0.29, 0.717) is 0 Å². The third kappa shape index (κ3) is 2.40. The third-order valence-corrected chi connectivity index (χ3v) is 2.28. The molecule has 2 amide bonds. The molecule has 1 rings (SSSR count). The van der Waals surface area contributed by atoms with Crippen molar-refractivity contribution in [3.05, 3.63) is 23.8 Å². The first kappa shape index (κ1) is 11.4. The van der Waals surface area contributed by atoms with E-state index in [1.807, 2.05) is 25.1 Å². The van der Waals surface area contributed by atoms with Crippen LogP contribution in [-0.4, -0.2) is 27.2 Å². The predicted molar refractivity (Wildman–Crippen MR) is 60.6 cm³/mol. The van der Waals surface area contributed by atoms with Gasteiger partial charge in [-0.05, 0) is 30.7 Å². The van der Waals surface area contributed by atoms with Gasteiger partial charge in [0.05, 0.1) is 7.11 Å². The maximum atomic E-state index is 11.4. The molecule has 0 unspecified atom stereocenters. The zero-order valence-corrected chi connectivity index (χ0v) is 9.50. The fourth-order valence-corrected chi connectivity index (χ4v) is 1.36.